The fourth-order valence-electron chi connectivity index (χ4n) is 1.07. The summed E-state index contributed by atoms with van der Waals surface area (Å²) >= 11 is 8.07. The summed E-state index contributed by atoms with van der Waals surface area (Å²) in [5.41, 5.74) is 0.527. The van der Waals surface area contributed by atoms with Crippen molar-refractivity contribution in [2.75, 3.05) is 20.1 Å². The van der Waals surface area contributed by atoms with Crippen LogP contribution in [0.3, 0.4) is 0 Å². The van der Waals surface area contributed by atoms with Gasteiger partial charge in [0.05, 0.1) is 10.6 Å². The van der Waals surface area contributed by atoms with E-state index >= 15 is 0 Å². The number of benzene rings is 1. The molecule has 15 heavy (non-hydrogen) atoms. The van der Waals surface area contributed by atoms with E-state index in [0.29, 0.717) is 17.1 Å². The molecule has 0 aliphatic rings. The van der Waals surface area contributed by atoms with E-state index in [1.165, 1.54) is 0 Å². The Balaban J connectivity index is 2.68. The van der Waals surface area contributed by atoms with Crippen LogP contribution in [-0.4, -0.2) is 26.0 Å². The molecule has 0 radical (unpaired) electrons. The molecule has 3 nitrogen and oxygen atoms in total. The molecule has 5 heteroatoms. The molecule has 1 aromatic rings. The lowest BCUT2D eigenvalue weighted by atomic mass is 10.2. The molecule has 1 amide bonds. The fourth-order valence-corrected chi connectivity index (χ4v) is 1.76. The Labute approximate surface area is 108 Å². The summed E-state index contributed by atoms with van der Waals surface area (Å²) in [5, 5.41) is 6.21. The monoisotopic (exact) mass is 338 g/mol. The summed E-state index contributed by atoms with van der Waals surface area (Å²) in [5.74, 6) is -0.131. The van der Waals surface area contributed by atoms with E-state index in [1.807, 2.05) is 13.1 Å². The molecule has 1 aromatic carbocycles. The highest BCUT2D eigenvalue weighted by Gasteiger charge is 2.09. The fraction of sp³-hybridized carbons (Fsp3) is 0.300. The average Bonchev–Trinajstić information content (AvgIpc) is 2.22. The van der Waals surface area contributed by atoms with Crippen LogP contribution in [0.4, 0.5) is 0 Å². The Kier molecular flexibility index (Phi) is 5.35. The summed E-state index contributed by atoms with van der Waals surface area (Å²) in [4.78, 5) is 11.7. The van der Waals surface area contributed by atoms with Crippen molar-refractivity contribution in [3.05, 3.63) is 32.4 Å². The smallest absolute Gasteiger partial charge is 0.252 e. The van der Waals surface area contributed by atoms with Gasteiger partial charge < -0.3 is 10.6 Å². The van der Waals surface area contributed by atoms with Crippen molar-refractivity contribution in [1.82, 2.24) is 10.6 Å². The SMILES string of the molecule is CNCCNC(=O)c1cc(I)ccc1Cl. The third kappa shape index (κ3) is 3.96. The quantitative estimate of drug-likeness (QED) is 0.650. The topological polar surface area (TPSA) is 41.1 Å². The Morgan fingerprint density at radius 2 is 2.20 bits per heavy atom. The van der Waals surface area contributed by atoms with Crippen molar-refractivity contribution in [2.24, 2.45) is 0 Å². The van der Waals surface area contributed by atoms with Gasteiger partial charge in [-0.2, -0.15) is 0 Å². The van der Waals surface area contributed by atoms with Crippen LogP contribution in [0.15, 0.2) is 18.2 Å². The predicted octanol–water partition coefficient (Wildman–Crippen LogP) is 1.89. The second-order valence-electron chi connectivity index (χ2n) is 2.98. The van der Waals surface area contributed by atoms with Gasteiger partial charge in [-0.15, -0.1) is 0 Å². The Bertz CT molecular complexity index is 357. The van der Waals surface area contributed by atoms with Crippen LogP contribution in [-0.2, 0) is 0 Å². The summed E-state index contributed by atoms with van der Waals surface area (Å²) < 4.78 is 0.996. The second kappa shape index (κ2) is 6.30. The zero-order chi connectivity index (χ0) is 11.3. The second-order valence-corrected chi connectivity index (χ2v) is 4.64. The minimum Gasteiger partial charge on any atom is -0.351 e. The number of amides is 1. The summed E-state index contributed by atoms with van der Waals surface area (Å²) in [7, 11) is 1.84. The predicted molar refractivity (Wildman–Crippen MR) is 70.4 cm³/mol. The van der Waals surface area contributed by atoms with Crippen molar-refractivity contribution in [3.8, 4) is 0 Å². The summed E-state index contributed by atoms with van der Waals surface area (Å²) in [6.07, 6.45) is 0. The lowest BCUT2D eigenvalue weighted by Gasteiger charge is -2.06. The van der Waals surface area contributed by atoms with Crippen LogP contribution in [0.5, 0.6) is 0 Å². The largest absolute Gasteiger partial charge is 0.351 e. The van der Waals surface area contributed by atoms with Gasteiger partial charge >= 0.3 is 0 Å². The highest BCUT2D eigenvalue weighted by molar-refractivity contribution is 14.1. The Morgan fingerprint density at radius 3 is 2.87 bits per heavy atom. The molecule has 2 N–H and O–H groups in total. The highest BCUT2D eigenvalue weighted by Crippen LogP contribution is 2.18. The molecule has 0 saturated carbocycles. The molecule has 0 spiro atoms. The molecular formula is C10H12ClIN2O. The normalized spacial score (nSPS) is 10.1. The van der Waals surface area contributed by atoms with Gasteiger partial charge in [0.25, 0.3) is 5.91 Å². The minimum atomic E-state index is -0.131. The molecule has 0 heterocycles. The van der Waals surface area contributed by atoms with E-state index in [2.05, 4.69) is 33.2 Å². The molecule has 0 saturated heterocycles. The first kappa shape index (κ1) is 12.7. The van der Waals surface area contributed by atoms with Gasteiger partial charge in [0, 0.05) is 16.7 Å². The van der Waals surface area contributed by atoms with Gasteiger partial charge in [-0.1, -0.05) is 11.6 Å². The van der Waals surface area contributed by atoms with Crippen molar-refractivity contribution < 1.29 is 4.79 Å². The molecule has 0 aromatic heterocycles. The van der Waals surface area contributed by atoms with E-state index in [0.717, 1.165) is 10.1 Å². The molecule has 1 rings (SSSR count). The van der Waals surface area contributed by atoms with Crippen molar-refractivity contribution in [2.45, 2.75) is 0 Å². The number of likely N-dealkylation sites (N-methyl/N-ethyl adjacent to an activating group) is 1. The van der Waals surface area contributed by atoms with E-state index in [-0.39, 0.29) is 5.91 Å². The van der Waals surface area contributed by atoms with Gasteiger partial charge in [-0.05, 0) is 47.8 Å². The molecule has 0 bridgehead atoms. The van der Waals surface area contributed by atoms with Gasteiger partial charge in [-0.3, -0.25) is 4.79 Å². The van der Waals surface area contributed by atoms with Crippen molar-refractivity contribution in [1.29, 1.82) is 0 Å². The molecule has 0 atom stereocenters. The first-order valence-corrected chi connectivity index (χ1v) is 5.98. The number of hydrogen-bond acceptors (Lipinski definition) is 2. The van der Waals surface area contributed by atoms with Gasteiger partial charge in [0.15, 0.2) is 0 Å². The van der Waals surface area contributed by atoms with E-state index in [1.54, 1.807) is 12.1 Å². The number of halogens is 2. The van der Waals surface area contributed by atoms with Gasteiger partial charge in [0.2, 0.25) is 0 Å². The number of hydrogen-bond donors (Lipinski definition) is 2. The first-order valence-electron chi connectivity index (χ1n) is 4.53. The Morgan fingerprint density at radius 1 is 1.47 bits per heavy atom. The summed E-state index contributed by atoms with van der Waals surface area (Å²) in [6, 6.07) is 5.38. The third-order valence-electron chi connectivity index (χ3n) is 1.83. The van der Waals surface area contributed by atoms with Crippen LogP contribution >= 0.6 is 34.2 Å². The first-order chi connectivity index (χ1) is 7.15. The van der Waals surface area contributed by atoms with Crippen molar-refractivity contribution >= 4 is 40.1 Å². The van der Waals surface area contributed by atoms with Crippen LogP contribution in [0.2, 0.25) is 5.02 Å². The van der Waals surface area contributed by atoms with Crippen molar-refractivity contribution in [3.63, 3.8) is 0 Å². The third-order valence-corrected chi connectivity index (χ3v) is 2.83. The summed E-state index contributed by atoms with van der Waals surface area (Å²) in [6.45, 7) is 1.34. The molecule has 0 aliphatic heterocycles. The van der Waals surface area contributed by atoms with E-state index in [9.17, 15) is 4.79 Å². The standard InChI is InChI=1S/C10H12ClIN2O/c1-13-4-5-14-10(15)8-6-7(12)2-3-9(8)11/h2-3,6,13H,4-5H2,1H3,(H,14,15). The van der Waals surface area contributed by atoms with Crippen LogP contribution < -0.4 is 10.6 Å². The maximum atomic E-state index is 11.7. The van der Waals surface area contributed by atoms with E-state index < -0.39 is 0 Å². The number of nitrogens with one attached hydrogen (secondary N) is 2. The van der Waals surface area contributed by atoms with Crippen LogP contribution in [0.1, 0.15) is 10.4 Å². The number of rotatable bonds is 4. The van der Waals surface area contributed by atoms with E-state index in [4.69, 9.17) is 11.6 Å². The molecule has 82 valence electrons. The van der Waals surface area contributed by atoms with Crippen LogP contribution in [0, 0.1) is 3.57 Å². The number of carbonyl (C=O) groups is 1. The number of carbonyl (C=O) groups excluding carboxylic acids is 1. The van der Waals surface area contributed by atoms with Crippen LogP contribution in [0.25, 0.3) is 0 Å². The lowest BCUT2D eigenvalue weighted by Crippen LogP contribution is -2.30. The molecule has 0 aliphatic carbocycles. The maximum absolute atomic E-state index is 11.7. The average molecular weight is 339 g/mol. The van der Waals surface area contributed by atoms with Gasteiger partial charge in [0.1, 0.15) is 0 Å². The zero-order valence-corrected chi connectivity index (χ0v) is 11.2. The zero-order valence-electron chi connectivity index (χ0n) is 8.31. The molecule has 0 unspecified atom stereocenters. The maximum Gasteiger partial charge on any atom is 0.252 e. The minimum absolute atomic E-state index is 0.131. The van der Waals surface area contributed by atoms with Gasteiger partial charge in [-0.25, -0.2) is 0 Å². The highest BCUT2D eigenvalue weighted by atomic mass is 127. The molecular weight excluding hydrogens is 326 g/mol. The lowest BCUT2D eigenvalue weighted by molar-refractivity contribution is 0.0954. The Hall–Kier alpha value is -0.330. The molecule has 0 fully saturated rings.